The Balaban J connectivity index is 2.17. The highest BCUT2D eigenvalue weighted by molar-refractivity contribution is 7.90. The first kappa shape index (κ1) is 19.0. The number of fused-ring (bicyclic) bond motifs is 1. The number of aromatic nitrogens is 2. The Hall–Kier alpha value is -2.79. The van der Waals surface area contributed by atoms with Crippen LogP contribution in [-0.4, -0.2) is 42.9 Å². The van der Waals surface area contributed by atoms with Gasteiger partial charge >= 0.3 is 11.9 Å². The van der Waals surface area contributed by atoms with E-state index in [9.17, 15) is 18.0 Å². The highest BCUT2D eigenvalue weighted by Gasteiger charge is 2.16. The SMILES string of the molecule is CCOC(=O)Cn1c(=NC(=O)c2ccno2)sc2cc(S(C)(=O)=O)ccc21. The number of rotatable bonds is 5. The first-order chi connectivity index (χ1) is 12.8. The molecule has 11 heteroatoms. The number of hydrogen-bond acceptors (Lipinski definition) is 8. The van der Waals surface area contributed by atoms with Crippen molar-refractivity contribution in [2.45, 2.75) is 18.4 Å². The molecule has 0 bridgehead atoms. The number of amides is 1. The molecule has 0 aliphatic heterocycles. The molecule has 0 saturated heterocycles. The average Bonchev–Trinajstić information content (AvgIpc) is 3.23. The fourth-order valence-corrected chi connectivity index (χ4v) is 4.11. The van der Waals surface area contributed by atoms with E-state index in [1.54, 1.807) is 13.0 Å². The van der Waals surface area contributed by atoms with E-state index in [0.717, 1.165) is 17.6 Å². The van der Waals surface area contributed by atoms with Crippen LogP contribution in [0.2, 0.25) is 0 Å². The Morgan fingerprint density at radius 3 is 2.74 bits per heavy atom. The van der Waals surface area contributed by atoms with Crippen LogP contribution >= 0.6 is 11.3 Å². The monoisotopic (exact) mass is 409 g/mol. The highest BCUT2D eigenvalue weighted by Crippen LogP contribution is 2.22. The summed E-state index contributed by atoms with van der Waals surface area (Å²) >= 11 is 1.08. The molecule has 0 atom stereocenters. The number of hydrogen-bond donors (Lipinski definition) is 0. The fourth-order valence-electron chi connectivity index (χ4n) is 2.33. The van der Waals surface area contributed by atoms with Gasteiger partial charge in [0.1, 0.15) is 6.54 Å². The maximum atomic E-state index is 12.2. The molecule has 2 aromatic heterocycles. The number of esters is 1. The molecule has 0 spiro atoms. The molecule has 142 valence electrons. The highest BCUT2D eigenvalue weighted by atomic mass is 32.2. The van der Waals surface area contributed by atoms with Crippen LogP contribution in [0.5, 0.6) is 0 Å². The van der Waals surface area contributed by atoms with Crippen LogP contribution in [0.4, 0.5) is 0 Å². The van der Waals surface area contributed by atoms with Crippen LogP contribution in [0.1, 0.15) is 17.5 Å². The van der Waals surface area contributed by atoms with Crippen LogP contribution < -0.4 is 4.80 Å². The summed E-state index contributed by atoms with van der Waals surface area (Å²) in [6.45, 7) is 1.73. The lowest BCUT2D eigenvalue weighted by Crippen LogP contribution is -2.23. The predicted molar refractivity (Wildman–Crippen MR) is 96.0 cm³/mol. The van der Waals surface area contributed by atoms with Crippen LogP contribution in [0.25, 0.3) is 10.2 Å². The normalized spacial score (nSPS) is 12.4. The zero-order valence-electron chi connectivity index (χ0n) is 14.4. The van der Waals surface area contributed by atoms with E-state index in [0.29, 0.717) is 10.2 Å². The molecular weight excluding hydrogens is 394 g/mol. The summed E-state index contributed by atoms with van der Waals surface area (Å²) in [5.41, 5.74) is 0.560. The third-order valence-electron chi connectivity index (χ3n) is 3.52. The molecule has 0 radical (unpaired) electrons. The first-order valence-corrected chi connectivity index (χ1v) is 10.5. The molecule has 0 saturated carbocycles. The van der Waals surface area contributed by atoms with Crippen LogP contribution in [0.15, 0.2) is 44.9 Å². The lowest BCUT2D eigenvalue weighted by molar-refractivity contribution is -0.143. The molecule has 0 aliphatic rings. The third kappa shape index (κ3) is 4.14. The summed E-state index contributed by atoms with van der Waals surface area (Å²) in [7, 11) is -3.40. The summed E-state index contributed by atoms with van der Waals surface area (Å²) in [6, 6.07) is 5.86. The van der Waals surface area contributed by atoms with Crippen molar-refractivity contribution < 1.29 is 27.3 Å². The molecule has 0 unspecified atom stereocenters. The lowest BCUT2D eigenvalue weighted by Gasteiger charge is -2.05. The zero-order chi connectivity index (χ0) is 19.6. The topological polar surface area (TPSA) is 121 Å². The molecule has 2 heterocycles. The number of ether oxygens (including phenoxy) is 1. The van der Waals surface area contributed by atoms with E-state index in [4.69, 9.17) is 9.26 Å². The third-order valence-corrected chi connectivity index (χ3v) is 5.67. The van der Waals surface area contributed by atoms with Gasteiger partial charge in [-0.1, -0.05) is 16.5 Å². The number of sulfone groups is 1. The molecule has 0 aliphatic carbocycles. The molecular formula is C16H15N3O6S2. The van der Waals surface area contributed by atoms with Gasteiger partial charge in [0.05, 0.1) is 27.9 Å². The largest absolute Gasteiger partial charge is 0.465 e. The Bertz CT molecular complexity index is 1170. The van der Waals surface area contributed by atoms with Gasteiger partial charge in [-0.25, -0.2) is 8.42 Å². The van der Waals surface area contributed by atoms with E-state index in [-0.39, 0.29) is 28.6 Å². The quantitative estimate of drug-likeness (QED) is 0.584. The molecule has 27 heavy (non-hydrogen) atoms. The van der Waals surface area contributed by atoms with E-state index in [2.05, 4.69) is 10.1 Å². The zero-order valence-corrected chi connectivity index (χ0v) is 16.0. The van der Waals surface area contributed by atoms with Crippen LogP contribution in [-0.2, 0) is 25.9 Å². The molecule has 1 aromatic carbocycles. The van der Waals surface area contributed by atoms with Crippen molar-refractivity contribution in [3.63, 3.8) is 0 Å². The van der Waals surface area contributed by atoms with Gasteiger partial charge in [-0.3, -0.25) is 9.59 Å². The smallest absolute Gasteiger partial charge is 0.326 e. The van der Waals surface area contributed by atoms with Crippen LogP contribution in [0.3, 0.4) is 0 Å². The predicted octanol–water partition coefficient (Wildman–Crippen LogP) is 1.40. The van der Waals surface area contributed by atoms with Gasteiger partial charge in [-0.15, -0.1) is 0 Å². The van der Waals surface area contributed by atoms with Gasteiger partial charge in [0.2, 0.25) is 5.76 Å². The Kier molecular flexibility index (Phi) is 5.24. The fraction of sp³-hybridized carbons (Fsp3) is 0.250. The molecule has 9 nitrogen and oxygen atoms in total. The van der Waals surface area contributed by atoms with E-state index in [1.807, 2.05) is 0 Å². The van der Waals surface area contributed by atoms with Gasteiger partial charge in [0, 0.05) is 12.3 Å². The summed E-state index contributed by atoms with van der Waals surface area (Å²) in [4.78, 5) is 28.5. The van der Waals surface area contributed by atoms with E-state index in [1.165, 1.54) is 29.0 Å². The Morgan fingerprint density at radius 1 is 1.33 bits per heavy atom. The van der Waals surface area contributed by atoms with Crippen molar-refractivity contribution >= 4 is 43.3 Å². The number of carbonyl (C=O) groups excluding carboxylic acids is 2. The second-order valence-electron chi connectivity index (χ2n) is 5.47. The standard InChI is InChI=1S/C16H15N3O6S2/c1-3-24-14(20)9-19-11-5-4-10(27(2,22)23)8-13(11)26-16(19)18-15(21)12-6-7-17-25-12/h4-8H,3,9H2,1-2H3. The number of benzene rings is 1. The molecule has 0 N–H and O–H groups in total. The molecule has 3 rings (SSSR count). The summed E-state index contributed by atoms with van der Waals surface area (Å²) < 4.78 is 35.4. The van der Waals surface area contributed by atoms with Crippen molar-refractivity contribution in [1.82, 2.24) is 9.72 Å². The van der Waals surface area contributed by atoms with Crippen molar-refractivity contribution in [3.8, 4) is 0 Å². The maximum absolute atomic E-state index is 12.2. The number of nitrogens with zero attached hydrogens (tertiary/aromatic N) is 3. The van der Waals surface area contributed by atoms with Gasteiger partial charge in [-0.2, -0.15) is 4.99 Å². The Labute approximate surface area is 157 Å². The maximum Gasteiger partial charge on any atom is 0.326 e. The minimum Gasteiger partial charge on any atom is -0.465 e. The Morgan fingerprint density at radius 2 is 2.11 bits per heavy atom. The second kappa shape index (κ2) is 7.45. The van der Waals surface area contributed by atoms with Gasteiger partial charge in [-0.05, 0) is 25.1 Å². The lowest BCUT2D eigenvalue weighted by atomic mass is 10.3. The summed E-state index contributed by atoms with van der Waals surface area (Å²) in [5, 5.41) is 3.46. The minimum atomic E-state index is -3.40. The van der Waals surface area contributed by atoms with Gasteiger partial charge < -0.3 is 13.8 Å². The van der Waals surface area contributed by atoms with Gasteiger partial charge in [0.15, 0.2) is 14.6 Å². The van der Waals surface area contributed by atoms with E-state index >= 15 is 0 Å². The molecule has 0 fully saturated rings. The van der Waals surface area contributed by atoms with Crippen molar-refractivity contribution in [3.05, 3.63) is 41.0 Å². The summed E-state index contributed by atoms with van der Waals surface area (Å²) in [6.07, 6.45) is 2.42. The van der Waals surface area contributed by atoms with E-state index < -0.39 is 21.7 Å². The number of thiazole rings is 1. The van der Waals surface area contributed by atoms with Crippen molar-refractivity contribution in [1.29, 1.82) is 0 Å². The van der Waals surface area contributed by atoms with Gasteiger partial charge in [0.25, 0.3) is 0 Å². The second-order valence-corrected chi connectivity index (χ2v) is 8.50. The minimum absolute atomic E-state index is 0.0491. The molecule has 1 amide bonds. The molecule has 3 aromatic rings. The number of carbonyl (C=O) groups is 2. The average molecular weight is 409 g/mol. The summed E-state index contributed by atoms with van der Waals surface area (Å²) in [5.74, 6) is -1.22. The van der Waals surface area contributed by atoms with Crippen molar-refractivity contribution in [2.24, 2.45) is 4.99 Å². The van der Waals surface area contributed by atoms with Crippen LogP contribution in [0, 0.1) is 0 Å². The first-order valence-electron chi connectivity index (χ1n) is 7.78. The van der Waals surface area contributed by atoms with Crippen molar-refractivity contribution in [2.75, 3.05) is 12.9 Å².